The Morgan fingerprint density at radius 1 is 1.50 bits per heavy atom. The van der Waals surface area contributed by atoms with Gasteiger partial charge in [0.15, 0.2) is 0 Å². The topological polar surface area (TPSA) is 61.4 Å². The van der Waals surface area contributed by atoms with Crippen LogP contribution in [0.4, 0.5) is 14.5 Å². The van der Waals surface area contributed by atoms with Crippen LogP contribution < -0.4 is 10.6 Å². The minimum absolute atomic E-state index is 0.353. The van der Waals surface area contributed by atoms with Gasteiger partial charge in [-0.15, -0.1) is 0 Å². The van der Waals surface area contributed by atoms with Crippen molar-refractivity contribution >= 4 is 11.6 Å². The maximum Gasteiger partial charge on any atom is 0.287 e. The molecule has 2 rings (SSSR count). The van der Waals surface area contributed by atoms with Gasteiger partial charge < -0.3 is 15.7 Å². The molecule has 1 aliphatic heterocycles. The van der Waals surface area contributed by atoms with Gasteiger partial charge in [0.1, 0.15) is 6.61 Å². The number of nitrogens with one attached hydrogen (secondary N) is 2. The van der Waals surface area contributed by atoms with Gasteiger partial charge in [-0.25, -0.2) is 8.78 Å². The highest BCUT2D eigenvalue weighted by Gasteiger charge is 2.28. The molecule has 1 aliphatic rings. The summed E-state index contributed by atoms with van der Waals surface area (Å²) in [5.74, 6) is -3.84. The average Bonchev–Trinajstić information content (AvgIpc) is 2.83. The summed E-state index contributed by atoms with van der Waals surface area (Å²) in [6.45, 7) is -1.32. The van der Waals surface area contributed by atoms with Crippen LogP contribution in [0.25, 0.3) is 0 Å². The lowest BCUT2D eigenvalue weighted by Gasteiger charge is -2.14. The van der Waals surface area contributed by atoms with Crippen molar-refractivity contribution in [2.75, 3.05) is 25.0 Å². The zero-order chi connectivity index (χ0) is 13.2. The molecule has 0 saturated heterocycles. The first-order chi connectivity index (χ1) is 8.52. The van der Waals surface area contributed by atoms with Crippen LogP contribution in [0.15, 0.2) is 18.2 Å². The molecule has 6 heteroatoms. The summed E-state index contributed by atoms with van der Waals surface area (Å²) in [5.41, 5.74) is 2.34. The molecule has 18 heavy (non-hydrogen) atoms. The fourth-order valence-electron chi connectivity index (χ4n) is 1.81. The minimum Gasteiger partial charge on any atom is -0.390 e. The summed E-state index contributed by atoms with van der Waals surface area (Å²) < 4.78 is 25.5. The number of aliphatic hydroxyl groups excluding tert-OH is 1. The number of alkyl halides is 2. The van der Waals surface area contributed by atoms with E-state index in [2.05, 4.69) is 10.6 Å². The molecule has 1 aromatic rings. The maximum absolute atomic E-state index is 12.8. The van der Waals surface area contributed by atoms with E-state index in [-0.39, 0.29) is 0 Å². The van der Waals surface area contributed by atoms with Crippen LogP contribution in [0, 0.1) is 0 Å². The van der Waals surface area contributed by atoms with Gasteiger partial charge in [-0.1, -0.05) is 0 Å². The van der Waals surface area contributed by atoms with Gasteiger partial charge in [0.25, 0.3) is 11.8 Å². The normalized spacial score (nSPS) is 13.9. The Balaban J connectivity index is 2.01. The van der Waals surface area contributed by atoms with Crippen molar-refractivity contribution in [3.63, 3.8) is 0 Å². The van der Waals surface area contributed by atoms with Crippen LogP contribution in [0.5, 0.6) is 0 Å². The van der Waals surface area contributed by atoms with Crippen molar-refractivity contribution in [3.8, 4) is 0 Å². The van der Waals surface area contributed by atoms with Gasteiger partial charge >= 0.3 is 0 Å². The third-order valence-corrected chi connectivity index (χ3v) is 2.82. The summed E-state index contributed by atoms with van der Waals surface area (Å²) >= 11 is 0. The number of aliphatic hydroxyl groups is 1. The predicted octanol–water partition coefficient (Wildman–Crippen LogP) is 1.01. The average molecular weight is 256 g/mol. The van der Waals surface area contributed by atoms with Crippen LogP contribution in [0.3, 0.4) is 0 Å². The van der Waals surface area contributed by atoms with E-state index in [1.807, 2.05) is 0 Å². The van der Waals surface area contributed by atoms with E-state index in [0.29, 0.717) is 5.56 Å². The first kappa shape index (κ1) is 12.8. The van der Waals surface area contributed by atoms with Crippen molar-refractivity contribution in [2.24, 2.45) is 0 Å². The second kappa shape index (κ2) is 4.89. The van der Waals surface area contributed by atoms with Crippen LogP contribution >= 0.6 is 0 Å². The van der Waals surface area contributed by atoms with Crippen LogP contribution in [-0.4, -0.2) is 36.6 Å². The molecular formula is C12H14F2N2O2. The SMILES string of the molecule is O=C(NCC(F)(F)CO)c1ccc2c(c1)CCN2. The number of carbonyl (C=O) groups excluding carboxylic acids is 1. The monoisotopic (exact) mass is 256 g/mol. The molecule has 0 unspecified atom stereocenters. The van der Waals surface area contributed by atoms with Crippen LogP contribution in [0.2, 0.25) is 0 Å². The Hall–Kier alpha value is -1.69. The Kier molecular flexibility index (Phi) is 3.47. The second-order valence-electron chi connectivity index (χ2n) is 4.25. The van der Waals surface area contributed by atoms with Crippen molar-refractivity contribution in [1.29, 1.82) is 0 Å². The first-order valence-corrected chi connectivity index (χ1v) is 5.65. The highest BCUT2D eigenvalue weighted by molar-refractivity contribution is 5.95. The molecule has 0 spiro atoms. The van der Waals surface area contributed by atoms with Gasteiger partial charge in [0.2, 0.25) is 0 Å². The number of fused-ring (bicyclic) bond motifs is 1. The number of anilines is 1. The Labute approximate surface area is 103 Å². The molecular weight excluding hydrogens is 242 g/mol. The second-order valence-corrected chi connectivity index (χ2v) is 4.25. The lowest BCUT2D eigenvalue weighted by molar-refractivity contribution is -0.0462. The third-order valence-electron chi connectivity index (χ3n) is 2.82. The molecule has 0 fully saturated rings. The summed E-state index contributed by atoms with van der Waals surface area (Å²) in [5, 5.41) is 13.7. The van der Waals surface area contributed by atoms with E-state index < -0.39 is 25.0 Å². The Morgan fingerprint density at radius 3 is 3.00 bits per heavy atom. The molecule has 0 atom stereocenters. The zero-order valence-electron chi connectivity index (χ0n) is 9.67. The Morgan fingerprint density at radius 2 is 2.28 bits per heavy atom. The molecule has 1 aromatic carbocycles. The molecule has 4 nitrogen and oxygen atoms in total. The standard InChI is InChI=1S/C12H14F2N2O2/c13-12(14,7-17)6-16-11(18)9-1-2-10-8(5-9)3-4-15-10/h1-2,5,15,17H,3-4,6-7H2,(H,16,18). The van der Waals surface area contributed by atoms with Crippen molar-refractivity contribution in [1.82, 2.24) is 5.32 Å². The van der Waals surface area contributed by atoms with Gasteiger partial charge in [0, 0.05) is 17.8 Å². The number of hydrogen-bond acceptors (Lipinski definition) is 3. The smallest absolute Gasteiger partial charge is 0.287 e. The van der Waals surface area contributed by atoms with E-state index in [0.717, 1.165) is 24.2 Å². The molecule has 0 bridgehead atoms. The van der Waals surface area contributed by atoms with Crippen LogP contribution in [0.1, 0.15) is 15.9 Å². The van der Waals surface area contributed by atoms with E-state index in [1.165, 1.54) is 0 Å². The molecule has 3 N–H and O–H groups in total. The highest BCUT2D eigenvalue weighted by Crippen LogP contribution is 2.23. The summed E-state index contributed by atoms with van der Waals surface area (Å²) in [4.78, 5) is 11.7. The van der Waals surface area contributed by atoms with Crippen molar-refractivity contribution in [3.05, 3.63) is 29.3 Å². The summed E-state index contributed by atoms with van der Waals surface area (Å²) in [6.07, 6.45) is 0.823. The van der Waals surface area contributed by atoms with E-state index >= 15 is 0 Å². The number of benzene rings is 1. The van der Waals surface area contributed by atoms with Crippen molar-refractivity contribution < 1.29 is 18.7 Å². The highest BCUT2D eigenvalue weighted by atomic mass is 19.3. The molecule has 0 aliphatic carbocycles. The fraction of sp³-hybridized carbons (Fsp3) is 0.417. The minimum atomic E-state index is -3.28. The largest absolute Gasteiger partial charge is 0.390 e. The van der Waals surface area contributed by atoms with Crippen LogP contribution in [-0.2, 0) is 6.42 Å². The van der Waals surface area contributed by atoms with Gasteiger partial charge in [-0.3, -0.25) is 4.79 Å². The maximum atomic E-state index is 12.8. The Bertz CT molecular complexity index is 463. The molecule has 0 aromatic heterocycles. The number of rotatable bonds is 4. The number of halogens is 2. The number of hydrogen-bond donors (Lipinski definition) is 3. The zero-order valence-corrected chi connectivity index (χ0v) is 9.67. The van der Waals surface area contributed by atoms with E-state index in [9.17, 15) is 13.6 Å². The molecule has 98 valence electrons. The predicted molar refractivity (Wildman–Crippen MR) is 63.0 cm³/mol. The fourth-order valence-corrected chi connectivity index (χ4v) is 1.81. The third kappa shape index (κ3) is 2.76. The van der Waals surface area contributed by atoms with Gasteiger partial charge in [-0.2, -0.15) is 0 Å². The molecule has 0 radical (unpaired) electrons. The molecule has 1 amide bonds. The molecule has 1 heterocycles. The molecule has 0 saturated carbocycles. The first-order valence-electron chi connectivity index (χ1n) is 5.65. The lowest BCUT2D eigenvalue weighted by Crippen LogP contribution is -2.38. The lowest BCUT2D eigenvalue weighted by atomic mass is 10.1. The van der Waals surface area contributed by atoms with E-state index in [1.54, 1.807) is 18.2 Å². The van der Waals surface area contributed by atoms with Crippen molar-refractivity contribution in [2.45, 2.75) is 12.3 Å². The quantitative estimate of drug-likeness (QED) is 0.753. The van der Waals surface area contributed by atoms with Gasteiger partial charge in [0.05, 0.1) is 6.54 Å². The summed E-state index contributed by atoms with van der Waals surface area (Å²) in [7, 11) is 0. The number of carbonyl (C=O) groups is 1. The number of amides is 1. The van der Waals surface area contributed by atoms with E-state index in [4.69, 9.17) is 5.11 Å². The summed E-state index contributed by atoms with van der Waals surface area (Å²) in [6, 6.07) is 5.05. The van der Waals surface area contributed by atoms with Gasteiger partial charge in [-0.05, 0) is 30.2 Å².